The van der Waals surface area contributed by atoms with Crippen molar-refractivity contribution in [2.45, 2.75) is 43.8 Å². The molecule has 1 aromatic heterocycles. The lowest BCUT2D eigenvalue weighted by atomic mass is 9.82. The minimum atomic E-state index is -4.97. The fourth-order valence-electron chi connectivity index (χ4n) is 5.77. The number of amides is 2. The summed E-state index contributed by atoms with van der Waals surface area (Å²) >= 11 is 6.29. The van der Waals surface area contributed by atoms with Crippen LogP contribution < -0.4 is 15.4 Å². The van der Waals surface area contributed by atoms with Crippen LogP contribution in [0, 0.1) is 11.8 Å². The minimum Gasteiger partial charge on any atom is -0.497 e. The summed E-state index contributed by atoms with van der Waals surface area (Å²) in [4.78, 5) is 34.8. The van der Waals surface area contributed by atoms with E-state index in [9.17, 15) is 22.8 Å². The van der Waals surface area contributed by atoms with Crippen molar-refractivity contribution < 1.29 is 27.5 Å². The molecule has 0 bridgehead atoms. The number of carbonyl (C=O) groups is 2. The van der Waals surface area contributed by atoms with Crippen LogP contribution in [-0.2, 0) is 10.3 Å². The number of aromatic nitrogens is 1. The molecule has 0 aliphatic carbocycles. The number of piperidine rings is 2. The third-order valence-electron chi connectivity index (χ3n) is 8.29. The van der Waals surface area contributed by atoms with Gasteiger partial charge in [-0.3, -0.25) is 9.59 Å². The Morgan fingerprint density at radius 3 is 2.20 bits per heavy atom. The first-order valence-corrected chi connectivity index (χ1v) is 14.2. The van der Waals surface area contributed by atoms with Gasteiger partial charge in [0.2, 0.25) is 5.54 Å². The Kier molecular flexibility index (Phi) is 9.38. The van der Waals surface area contributed by atoms with Crippen LogP contribution in [0.25, 0.3) is 0 Å². The minimum absolute atomic E-state index is 0.183. The maximum atomic E-state index is 14.2. The first-order chi connectivity index (χ1) is 19.3. The molecule has 0 radical (unpaired) electrons. The number of benzene rings is 1. The lowest BCUT2D eigenvalue weighted by Gasteiger charge is -2.40. The third-order valence-corrected chi connectivity index (χ3v) is 8.58. The molecule has 1 atom stereocenters. The number of rotatable bonds is 7. The van der Waals surface area contributed by atoms with E-state index in [1.807, 2.05) is 6.07 Å². The Morgan fingerprint density at radius 2 is 1.66 bits per heavy atom. The highest BCUT2D eigenvalue weighted by atomic mass is 35.5. The maximum Gasteiger partial charge on any atom is 0.419 e. The number of ether oxygens (including phenoxy) is 1. The van der Waals surface area contributed by atoms with Gasteiger partial charge in [-0.05, 0) is 73.8 Å². The van der Waals surface area contributed by atoms with Gasteiger partial charge in [0, 0.05) is 40.3 Å². The number of hydrogen-bond donors (Lipinski definition) is 1. The maximum absolute atomic E-state index is 14.2. The number of likely N-dealkylation sites (tertiary alicyclic amines) is 1. The van der Waals surface area contributed by atoms with Gasteiger partial charge in [0.05, 0.1) is 12.7 Å². The third kappa shape index (κ3) is 6.56. The zero-order valence-corrected chi connectivity index (χ0v) is 24.3. The van der Waals surface area contributed by atoms with Gasteiger partial charge in [-0.25, -0.2) is 4.98 Å². The number of pyridine rings is 1. The molecule has 2 saturated heterocycles. The van der Waals surface area contributed by atoms with E-state index in [0.29, 0.717) is 30.2 Å². The lowest BCUT2D eigenvalue weighted by Crippen LogP contribution is -2.62. The number of halogens is 4. The first-order valence-electron chi connectivity index (χ1n) is 13.8. The van der Waals surface area contributed by atoms with Crippen LogP contribution in [0.1, 0.15) is 48.0 Å². The van der Waals surface area contributed by atoms with Gasteiger partial charge >= 0.3 is 6.18 Å². The van der Waals surface area contributed by atoms with E-state index in [-0.39, 0.29) is 35.5 Å². The monoisotopic (exact) mass is 595 g/mol. The van der Waals surface area contributed by atoms with Gasteiger partial charge in [0.15, 0.2) is 0 Å². The number of nitrogens with two attached hydrogens (primary N) is 1. The predicted molar refractivity (Wildman–Crippen MR) is 151 cm³/mol. The van der Waals surface area contributed by atoms with Crippen LogP contribution in [0.15, 0.2) is 36.4 Å². The van der Waals surface area contributed by atoms with Crippen LogP contribution in [0.4, 0.5) is 19.0 Å². The zero-order valence-electron chi connectivity index (χ0n) is 23.6. The van der Waals surface area contributed by atoms with E-state index in [2.05, 4.69) is 9.88 Å². The molecule has 2 N–H and O–H groups in total. The van der Waals surface area contributed by atoms with Crippen LogP contribution in [0.2, 0.25) is 5.15 Å². The average molecular weight is 596 g/mol. The quantitative estimate of drug-likeness (QED) is 0.466. The molecule has 8 nitrogen and oxygen atoms in total. The number of hydrogen-bond acceptors (Lipinski definition) is 6. The molecule has 2 fully saturated rings. The molecular formula is C29H37ClF3N5O3. The van der Waals surface area contributed by atoms with Crippen molar-refractivity contribution in [1.82, 2.24) is 14.8 Å². The highest BCUT2D eigenvalue weighted by Crippen LogP contribution is 2.41. The van der Waals surface area contributed by atoms with Gasteiger partial charge in [-0.15, -0.1) is 0 Å². The van der Waals surface area contributed by atoms with Crippen molar-refractivity contribution in [1.29, 1.82) is 0 Å². The Balaban J connectivity index is 1.31. The second-order valence-electron chi connectivity index (χ2n) is 11.1. The van der Waals surface area contributed by atoms with Crippen molar-refractivity contribution in [3.63, 3.8) is 0 Å². The summed E-state index contributed by atoms with van der Waals surface area (Å²) in [5.41, 5.74) is 2.76. The lowest BCUT2D eigenvalue weighted by molar-refractivity contribution is -0.201. The molecule has 1 aromatic carbocycles. The van der Waals surface area contributed by atoms with E-state index in [4.69, 9.17) is 22.1 Å². The fourth-order valence-corrected chi connectivity index (χ4v) is 6.00. The number of methoxy groups -OCH3 is 1. The Hall–Kier alpha value is -3.05. The second kappa shape index (κ2) is 12.4. The van der Waals surface area contributed by atoms with Gasteiger partial charge in [0.1, 0.15) is 16.7 Å². The smallest absolute Gasteiger partial charge is 0.419 e. The summed E-state index contributed by atoms with van der Waals surface area (Å²) in [6.07, 6.45) is -0.835. The molecule has 0 unspecified atom stereocenters. The summed E-state index contributed by atoms with van der Waals surface area (Å²) in [6.45, 7) is 2.08. The summed E-state index contributed by atoms with van der Waals surface area (Å²) in [7, 11) is 4.67. The first kappa shape index (κ1) is 30.9. The highest BCUT2D eigenvalue weighted by Gasteiger charge is 2.60. The Labute approximate surface area is 243 Å². The van der Waals surface area contributed by atoms with E-state index in [1.165, 1.54) is 41.2 Å². The number of anilines is 1. The zero-order chi connectivity index (χ0) is 29.9. The molecule has 2 amide bonds. The molecular weight excluding hydrogens is 559 g/mol. The van der Waals surface area contributed by atoms with Crippen LogP contribution in [-0.4, -0.2) is 80.2 Å². The summed E-state index contributed by atoms with van der Waals surface area (Å²) < 4.78 is 47.8. The standard InChI is InChI=1S/C29H37ClF3N5O3/c1-36(2)26(39)23-7-8-24(35-25(23)30)37-13-9-19(10-14-37)17-20-11-15-38(16-12-20)27(40)28(34,29(31,32)33)21-5-4-6-22(18-21)41-3/h4-8,18-20H,9-17,34H2,1-3H3/t28-/m1/s1. The molecule has 2 aliphatic heterocycles. The average Bonchev–Trinajstić information content (AvgIpc) is 2.96. The molecule has 0 spiro atoms. The van der Waals surface area contributed by atoms with Crippen molar-refractivity contribution in [2.24, 2.45) is 17.6 Å². The molecule has 2 aromatic rings. The van der Waals surface area contributed by atoms with E-state index in [0.717, 1.165) is 38.2 Å². The van der Waals surface area contributed by atoms with Crippen molar-refractivity contribution in [2.75, 3.05) is 52.3 Å². The normalized spacial score (nSPS) is 18.6. The SMILES string of the molecule is COc1cccc([C@@](N)(C(=O)N2CCC(CC3CCN(c4ccc(C(=O)N(C)C)c(Cl)n4)CC3)CC2)C(F)(F)F)c1. The van der Waals surface area contributed by atoms with E-state index < -0.39 is 17.6 Å². The summed E-state index contributed by atoms with van der Waals surface area (Å²) in [5.74, 6) is 0.417. The topological polar surface area (TPSA) is 92.0 Å². The van der Waals surface area contributed by atoms with E-state index in [1.54, 1.807) is 20.2 Å². The number of alkyl halides is 3. The molecule has 0 saturated carbocycles. The Morgan fingerprint density at radius 1 is 1.05 bits per heavy atom. The predicted octanol–water partition coefficient (Wildman–Crippen LogP) is 4.71. The van der Waals surface area contributed by atoms with Gasteiger partial charge < -0.3 is 25.2 Å². The molecule has 3 heterocycles. The molecule has 2 aliphatic rings. The highest BCUT2D eigenvalue weighted by molar-refractivity contribution is 6.32. The summed E-state index contributed by atoms with van der Waals surface area (Å²) in [6, 6.07) is 8.82. The molecule has 12 heteroatoms. The van der Waals surface area contributed by atoms with Crippen LogP contribution >= 0.6 is 11.6 Å². The van der Waals surface area contributed by atoms with Crippen molar-refractivity contribution in [3.05, 3.63) is 52.7 Å². The molecule has 224 valence electrons. The van der Waals surface area contributed by atoms with Crippen LogP contribution in [0.5, 0.6) is 5.75 Å². The summed E-state index contributed by atoms with van der Waals surface area (Å²) in [5, 5.41) is 0.183. The van der Waals surface area contributed by atoms with Crippen LogP contribution in [0.3, 0.4) is 0 Å². The Bertz CT molecular complexity index is 1240. The van der Waals surface area contributed by atoms with Gasteiger partial charge in [0.25, 0.3) is 11.8 Å². The number of carbonyl (C=O) groups excluding carboxylic acids is 2. The van der Waals surface area contributed by atoms with Gasteiger partial charge in [-0.2, -0.15) is 13.2 Å². The van der Waals surface area contributed by atoms with Crippen molar-refractivity contribution >= 4 is 29.2 Å². The second-order valence-corrected chi connectivity index (χ2v) is 11.5. The number of nitrogens with zero attached hydrogens (tertiary/aromatic N) is 4. The molecule has 4 rings (SSSR count). The van der Waals surface area contributed by atoms with Crippen molar-refractivity contribution in [3.8, 4) is 5.75 Å². The largest absolute Gasteiger partial charge is 0.497 e. The van der Waals surface area contributed by atoms with E-state index >= 15 is 0 Å². The van der Waals surface area contributed by atoms with Gasteiger partial charge in [-0.1, -0.05) is 23.7 Å². The fraction of sp³-hybridized carbons (Fsp3) is 0.552. The molecule has 41 heavy (non-hydrogen) atoms.